The number of carbonyl (C=O) groups is 2. The Morgan fingerprint density at radius 1 is 0.970 bits per heavy atom. The lowest BCUT2D eigenvalue weighted by molar-refractivity contribution is -0.138. The Bertz CT molecular complexity index is 1150. The van der Waals surface area contributed by atoms with Crippen LogP contribution in [0.15, 0.2) is 66.7 Å². The van der Waals surface area contributed by atoms with Crippen molar-refractivity contribution in [1.29, 1.82) is 0 Å². The van der Waals surface area contributed by atoms with E-state index in [1.165, 1.54) is 12.1 Å². The summed E-state index contributed by atoms with van der Waals surface area (Å²) in [5.41, 5.74) is 1.60. The summed E-state index contributed by atoms with van der Waals surface area (Å²) >= 11 is 6.13. The van der Waals surface area contributed by atoms with Gasteiger partial charge < -0.3 is 10.4 Å². The van der Waals surface area contributed by atoms with Crippen molar-refractivity contribution in [3.8, 4) is 11.1 Å². The number of carboxylic acids is 1. The molecule has 0 aromatic heterocycles. The van der Waals surface area contributed by atoms with Crippen molar-refractivity contribution in [2.45, 2.75) is 25.6 Å². The fraction of sp³-hybridized carbons (Fsp3) is 0.200. The van der Waals surface area contributed by atoms with E-state index in [1.54, 1.807) is 36.4 Å². The van der Waals surface area contributed by atoms with Crippen LogP contribution in [0.1, 0.15) is 33.5 Å². The van der Waals surface area contributed by atoms with Gasteiger partial charge >= 0.3 is 12.1 Å². The highest BCUT2D eigenvalue weighted by atomic mass is 35.5. The van der Waals surface area contributed by atoms with Crippen molar-refractivity contribution < 1.29 is 27.9 Å². The molecule has 0 atom stereocenters. The maximum absolute atomic E-state index is 13.3. The lowest BCUT2D eigenvalue weighted by atomic mass is 9.95. The van der Waals surface area contributed by atoms with Crippen LogP contribution < -0.4 is 5.32 Å². The van der Waals surface area contributed by atoms with E-state index in [9.17, 15) is 22.8 Å². The Kier molecular flexibility index (Phi) is 7.89. The summed E-state index contributed by atoms with van der Waals surface area (Å²) < 4.78 is 39.9. The van der Waals surface area contributed by atoms with Gasteiger partial charge in [-0.1, -0.05) is 54.1 Å². The normalized spacial score (nSPS) is 11.4. The van der Waals surface area contributed by atoms with Crippen LogP contribution in [0.3, 0.4) is 0 Å². The van der Waals surface area contributed by atoms with Crippen LogP contribution in [0.5, 0.6) is 0 Å². The quantitative estimate of drug-likeness (QED) is 0.293. The first-order valence-electron chi connectivity index (χ1n) is 10.1. The molecule has 0 saturated carbocycles. The van der Waals surface area contributed by atoms with Crippen molar-refractivity contribution in [2.24, 2.45) is 0 Å². The Balaban J connectivity index is 1.82. The van der Waals surface area contributed by atoms with Crippen LogP contribution in [-0.2, 0) is 23.9 Å². The molecule has 4 nitrogen and oxygen atoms in total. The highest BCUT2D eigenvalue weighted by molar-refractivity contribution is 6.31. The van der Waals surface area contributed by atoms with Crippen molar-refractivity contribution in [1.82, 2.24) is 5.32 Å². The molecule has 8 heteroatoms. The first kappa shape index (κ1) is 24.5. The highest BCUT2D eigenvalue weighted by Crippen LogP contribution is 2.34. The molecule has 0 spiro atoms. The van der Waals surface area contributed by atoms with Gasteiger partial charge in [-0.25, -0.2) is 0 Å². The summed E-state index contributed by atoms with van der Waals surface area (Å²) in [6.07, 6.45) is -4.58. The number of alkyl halides is 3. The van der Waals surface area contributed by atoms with Gasteiger partial charge in [0.15, 0.2) is 5.78 Å². The molecule has 0 unspecified atom stereocenters. The number of rotatable bonds is 9. The minimum absolute atomic E-state index is 0.0690. The van der Waals surface area contributed by atoms with Gasteiger partial charge in [0.05, 0.1) is 12.0 Å². The number of carboxylic acid groups (broad SMARTS) is 1. The van der Waals surface area contributed by atoms with Crippen LogP contribution in [0, 0.1) is 0 Å². The maximum atomic E-state index is 13.3. The van der Waals surface area contributed by atoms with Crippen molar-refractivity contribution in [3.63, 3.8) is 0 Å². The van der Waals surface area contributed by atoms with E-state index in [-0.39, 0.29) is 36.7 Å². The zero-order valence-corrected chi connectivity index (χ0v) is 18.2. The van der Waals surface area contributed by atoms with Gasteiger partial charge in [-0.05, 0) is 46.5 Å². The summed E-state index contributed by atoms with van der Waals surface area (Å²) in [5.74, 6) is -1.11. The number of aliphatic carboxylic acids is 1. The van der Waals surface area contributed by atoms with Gasteiger partial charge in [0.2, 0.25) is 0 Å². The van der Waals surface area contributed by atoms with Gasteiger partial charge in [-0.3, -0.25) is 9.59 Å². The number of benzene rings is 3. The number of ketones is 1. The molecule has 3 aromatic rings. The third-order valence-corrected chi connectivity index (χ3v) is 5.21. The number of halogens is 4. The Labute approximate surface area is 194 Å². The third-order valence-electron chi connectivity index (χ3n) is 5.00. The summed E-state index contributed by atoms with van der Waals surface area (Å²) in [6.45, 7) is 0.366. The topological polar surface area (TPSA) is 66.4 Å². The van der Waals surface area contributed by atoms with E-state index in [0.717, 1.165) is 12.1 Å². The molecule has 2 N–H and O–H groups in total. The molecule has 0 aliphatic heterocycles. The molecule has 33 heavy (non-hydrogen) atoms. The van der Waals surface area contributed by atoms with E-state index in [1.807, 2.05) is 6.07 Å². The zero-order valence-electron chi connectivity index (χ0n) is 17.5. The molecule has 0 radical (unpaired) electrons. The Morgan fingerprint density at radius 3 is 2.36 bits per heavy atom. The van der Waals surface area contributed by atoms with Gasteiger partial charge in [0.1, 0.15) is 0 Å². The fourth-order valence-electron chi connectivity index (χ4n) is 3.47. The predicted octanol–water partition coefficient (Wildman–Crippen LogP) is 6.02. The number of hydrogen-bond donors (Lipinski definition) is 2. The predicted molar refractivity (Wildman–Crippen MR) is 120 cm³/mol. The Hall–Kier alpha value is -3.16. The molecular formula is C25H21ClF3NO3. The third kappa shape index (κ3) is 6.91. The molecule has 0 amide bonds. The molecule has 0 aliphatic rings. The molecule has 0 fully saturated rings. The van der Waals surface area contributed by atoms with E-state index < -0.39 is 17.7 Å². The lowest BCUT2D eigenvalue weighted by Gasteiger charge is -2.16. The molecule has 172 valence electrons. The summed E-state index contributed by atoms with van der Waals surface area (Å²) in [6, 6.07) is 16.8. The van der Waals surface area contributed by atoms with E-state index >= 15 is 0 Å². The smallest absolute Gasteiger partial charge is 0.416 e. The Morgan fingerprint density at radius 2 is 1.70 bits per heavy atom. The highest BCUT2D eigenvalue weighted by Gasteiger charge is 2.31. The van der Waals surface area contributed by atoms with Crippen LogP contribution in [0.4, 0.5) is 13.2 Å². The monoisotopic (exact) mass is 475 g/mol. The SMILES string of the molecule is O=C(O)Cc1cc(Cl)cc(-c2ccc(C(F)(F)F)cc2CNCCC(=O)c2ccccc2)c1. The largest absolute Gasteiger partial charge is 0.481 e. The molecular weight excluding hydrogens is 455 g/mol. The van der Waals surface area contributed by atoms with Gasteiger partial charge in [0, 0.05) is 30.1 Å². The molecule has 0 saturated heterocycles. The molecule has 3 aromatic carbocycles. The first-order valence-corrected chi connectivity index (χ1v) is 10.5. The molecule has 3 rings (SSSR count). The minimum Gasteiger partial charge on any atom is -0.481 e. The van der Waals surface area contributed by atoms with Crippen LogP contribution in [-0.4, -0.2) is 23.4 Å². The second kappa shape index (κ2) is 10.6. The van der Waals surface area contributed by atoms with E-state index in [0.29, 0.717) is 27.8 Å². The number of carbonyl (C=O) groups excluding carboxylic acids is 1. The van der Waals surface area contributed by atoms with E-state index in [2.05, 4.69) is 5.32 Å². The molecule has 0 bridgehead atoms. The average Bonchev–Trinajstić information content (AvgIpc) is 2.75. The van der Waals surface area contributed by atoms with Crippen molar-refractivity contribution in [2.75, 3.05) is 6.54 Å². The lowest BCUT2D eigenvalue weighted by Crippen LogP contribution is -2.19. The second-order valence-electron chi connectivity index (χ2n) is 7.50. The standard InChI is InChI=1S/C25H21ClF3NO3/c26-21-11-16(12-24(32)33)10-18(14-21)22-7-6-20(25(27,28)29)13-19(22)15-30-9-8-23(31)17-4-2-1-3-5-17/h1-7,10-11,13-14,30H,8-9,12,15H2,(H,32,33). The van der Waals surface area contributed by atoms with E-state index in [4.69, 9.17) is 16.7 Å². The molecule has 0 heterocycles. The minimum atomic E-state index is -4.51. The number of Topliss-reactive ketones (excluding diaryl/α,β-unsaturated/α-hetero) is 1. The van der Waals surface area contributed by atoms with Crippen LogP contribution >= 0.6 is 11.6 Å². The summed E-state index contributed by atoms with van der Waals surface area (Å²) in [5, 5.41) is 12.4. The molecule has 0 aliphatic carbocycles. The van der Waals surface area contributed by atoms with Crippen molar-refractivity contribution in [3.05, 3.63) is 94.0 Å². The number of hydrogen-bond acceptors (Lipinski definition) is 3. The zero-order chi connectivity index (χ0) is 24.0. The summed E-state index contributed by atoms with van der Waals surface area (Å²) in [4.78, 5) is 23.3. The fourth-order valence-corrected chi connectivity index (χ4v) is 3.73. The van der Waals surface area contributed by atoms with Crippen LogP contribution in [0.25, 0.3) is 11.1 Å². The van der Waals surface area contributed by atoms with Gasteiger partial charge in [-0.2, -0.15) is 13.2 Å². The maximum Gasteiger partial charge on any atom is 0.416 e. The van der Waals surface area contributed by atoms with Crippen molar-refractivity contribution >= 4 is 23.4 Å². The first-order chi connectivity index (χ1) is 15.6. The van der Waals surface area contributed by atoms with Gasteiger partial charge in [0.25, 0.3) is 0 Å². The number of nitrogens with one attached hydrogen (secondary N) is 1. The van der Waals surface area contributed by atoms with Gasteiger partial charge in [-0.15, -0.1) is 0 Å². The average molecular weight is 476 g/mol. The second-order valence-corrected chi connectivity index (χ2v) is 7.94. The van der Waals surface area contributed by atoms with Crippen LogP contribution in [0.2, 0.25) is 5.02 Å². The summed E-state index contributed by atoms with van der Waals surface area (Å²) in [7, 11) is 0.